The fourth-order valence-corrected chi connectivity index (χ4v) is 3.66. The van der Waals surface area contributed by atoms with Crippen LogP contribution in [0.15, 0.2) is 59.5 Å². The zero-order chi connectivity index (χ0) is 18.0. The molecule has 0 aliphatic rings. The Labute approximate surface area is 146 Å². The standard InChI is InChI=1S/C18H18FN3O2S/c1-13-18(14(2)22(21-13)16-8-4-3-5-9-16)12-20-25(23,24)17-10-6-7-15(19)11-17/h3-11,20H,12H2,1-2H3. The molecular formula is C18H18FN3O2S. The number of aromatic nitrogens is 2. The van der Waals surface area contributed by atoms with E-state index in [0.717, 1.165) is 28.7 Å². The van der Waals surface area contributed by atoms with Crippen LogP contribution in [0.2, 0.25) is 0 Å². The van der Waals surface area contributed by atoms with E-state index in [2.05, 4.69) is 9.82 Å². The second-order valence-electron chi connectivity index (χ2n) is 5.68. The minimum Gasteiger partial charge on any atom is -0.238 e. The highest BCUT2D eigenvalue weighted by Crippen LogP contribution is 2.19. The molecule has 3 rings (SSSR count). The van der Waals surface area contributed by atoms with Gasteiger partial charge in [0.05, 0.1) is 16.3 Å². The molecule has 3 aromatic rings. The van der Waals surface area contributed by atoms with Gasteiger partial charge in [0.25, 0.3) is 0 Å². The molecule has 0 fully saturated rings. The molecule has 1 N–H and O–H groups in total. The lowest BCUT2D eigenvalue weighted by Crippen LogP contribution is -2.24. The average molecular weight is 359 g/mol. The van der Waals surface area contributed by atoms with E-state index in [1.807, 2.05) is 44.2 Å². The van der Waals surface area contributed by atoms with Gasteiger partial charge in [-0.25, -0.2) is 22.2 Å². The molecule has 0 spiro atoms. The summed E-state index contributed by atoms with van der Waals surface area (Å²) in [6, 6.07) is 14.5. The van der Waals surface area contributed by atoms with Crippen LogP contribution in [-0.2, 0) is 16.6 Å². The Hall–Kier alpha value is -2.51. The average Bonchev–Trinajstić information content (AvgIpc) is 2.88. The SMILES string of the molecule is Cc1nn(-c2ccccc2)c(C)c1CNS(=O)(=O)c1cccc(F)c1. The first kappa shape index (κ1) is 17.3. The van der Waals surface area contributed by atoms with E-state index < -0.39 is 15.8 Å². The summed E-state index contributed by atoms with van der Waals surface area (Å²) in [7, 11) is -3.80. The van der Waals surface area contributed by atoms with Gasteiger partial charge in [0.15, 0.2) is 0 Å². The molecule has 2 aromatic carbocycles. The number of nitrogens with one attached hydrogen (secondary N) is 1. The van der Waals surface area contributed by atoms with Gasteiger partial charge in [-0.05, 0) is 44.2 Å². The molecule has 0 saturated heterocycles. The molecular weight excluding hydrogens is 341 g/mol. The number of hydrogen-bond acceptors (Lipinski definition) is 3. The first-order chi connectivity index (χ1) is 11.9. The number of aryl methyl sites for hydroxylation is 1. The largest absolute Gasteiger partial charge is 0.240 e. The summed E-state index contributed by atoms with van der Waals surface area (Å²) in [5.41, 5.74) is 3.29. The van der Waals surface area contributed by atoms with Gasteiger partial charge in [-0.3, -0.25) is 0 Å². The van der Waals surface area contributed by atoms with Gasteiger partial charge in [-0.2, -0.15) is 5.10 Å². The highest BCUT2D eigenvalue weighted by Gasteiger charge is 2.18. The van der Waals surface area contributed by atoms with Gasteiger partial charge in [-0.15, -0.1) is 0 Å². The monoisotopic (exact) mass is 359 g/mol. The lowest BCUT2D eigenvalue weighted by Gasteiger charge is -2.08. The number of halogens is 1. The van der Waals surface area contributed by atoms with E-state index in [9.17, 15) is 12.8 Å². The van der Waals surface area contributed by atoms with E-state index in [0.29, 0.717) is 0 Å². The van der Waals surface area contributed by atoms with Gasteiger partial charge < -0.3 is 0 Å². The normalized spacial score (nSPS) is 11.6. The minimum absolute atomic E-state index is 0.0867. The number of rotatable bonds is 5. The molecule has 0 amide bonds. The van der Waals surface area contributed by atoms with Crippen LogP contribution in [0.1, 0.15) is 17.0 Å². The number of nitrogens with zero attached hydrogens (tertiary/aromatic N) is 2. The van der Waals surface area contributed by atoms with E-state index in [4.69, 9.17) is 0 Å². The molecule has 0 saturated carbocycles. The molecule has 25 heavy (non-hydrogen) atoms. The smallest absolute Gasteiger partial charge is 0.238 e. The fraction of sp³-hybridized carbons (Fsp3) is 0.167. The van der Waals surface area contributed by atoms with Crippen LogP contribution in [0.25, 0.3) is 5.69 Å². The zero-order valence-corrected chi connectivity index (χ0v) is 14.7. The van der Waals surface area contributed by atoms with Crippen molar-refractivity contribution >= 4 is 10.0 Å². The Kier molecular flexibility index (Phi) is 4.69. The Balaban J connectivity index is 1.86. The number of benzene rings is 2. The molecule has 0 bridgehead atoms. The van der Waals surface area contributed by atoms with Crippen LogP contribution >= 0.6 is 0 Å². The third-order valence-corrected chi connectivity index (χ3v) is 5.39. The maximum Gasteiger partial charge on any atom is 0.240 e. The summed E-state index contributed by atoms with van der Waals surface area (Å²) in [5.74, 6) is -0.591. The molecule has 0 unspecified atom stereocenters. The van der Waals surface area contributed by atoms with E-state index in [1.165, 1.54) is 18.2 Å². The highest BCUT2D eigenvalue weighted by molar-refractivity contribution is 7.89. The zero-order valence-electron chi connectivity index (χ0n) is 13.9. The van der Waals surface area contributed by atoms with Crippen LogP contribution in [0, 0.1) is 19.7 Å². The Bertz CT molecular complexity index is 998. The van der Waals surface area contributed by atoms with Crippen molar-refractivity contribution in [3.05, 3.63) is 77.4 Å². The van der Waals surface area contributed by atoms with E-state index in [1.54, 1.807) is 4.68 Å². The Morgan fingerprint density at radius 1 is 1.08 bits per heavy atom. The summed E-state index contributed by atoms with van der Waals surface area (Å²) in [6.45, 7) is 3.81. The lowest BCUT2D eigenvalue weighted by atomic mass is 10.2. The molecule has 130 valence electrons. The second-order valence-corrected chi connectivity index (χ2v) is 7.45. The van der Waals surface area contributed by atoms with Crippen molar-refractivity contribution < 1.29 is 12.8 Å². The van der Waals surface area contributed by atoms with Gasteiger partial charge in [-0.1, -0.05) is 24.3 Å². The van der Waals surface area contributed by atoms with Gasteiger partial charge in [0, 0.05) is 17.8 Å². The molecule has 0 aliphatic heterocycles. The molecule has 1 heterocycles. The van der Waals surface area contributed by atoms with Crippen molar-refractivity contribution in [2.45, 2.75) is 25.3 Å². The summed E-state index contributed by atoms with van der Waals surface area (Å²) in [5, 5.41) is 4.49. The van der Waals surface area contributed by atoms with Crippen LogP contribution in [0.4, 0.5) is 4.39 Å². The van der Waals surface area contributed by atoms with E-state index >= 15 is 0 Å². The van der Waals surface area contributed by atoms with Crippen molar-refractivity contribution in [3.63, 3.8) is 0 Å². The van der Waals surface area contributed by atoms with Crippen molar-refractivity contribution in [1.82, 2.24) is 14.5 Å². The van der Waals surface area contributed by atoms with Crippen LogP contribution in [0.5, 0.6) is 0 Å². The number of hydrogen-bond donors (Lipinski definition) is 1. The lowest BCUT2D eigenvalue weighted by molar-refractivity contribution is 0.577. The molecule has 1 aromatic heterocycles. The first-order valence-electron chi connectivity index (χ1n) is 7.74. The van der Waals surface area contributed by atoms with Crippen molar-refractivity contribution in [2.24, 2.45) is 0 Å². The maximum absolute atomic E-state index is 13.3. The number of para-hydroxylation sites is 1. The third kappa shape index (κ3) is 3.62. The first-order valence-corrected chi connectivity index (χ1v) is 9.22. The summed E-state index contributed by atoms with van der Waals surface area (Å²) >= 11 is 0. The van der Waals surface area contributed by atoms with Gasteiger partial charge in [0.1, 0.15) is 5.82 Å². The molecule has 0 aliphatic carbocycles. The van der Waals surface area contributed by atoms with Crippen molar-refractivity contribution in [1.29, 1.82) is 0 Å². The predicted molar refractivity (Wildman–Crippen MR) is 93.5 cm³/mol. The quantitative estimate of drug-likeness (QED) is 0.761. The molecule has 0 atom stereocenters. The molecule has 7 heteroatoms. The highest BCUT2D eigenvalue weighted by atomic mass is 32.2. The van der Waals surface area contributed by atoms with Crippen LogP contribution < -0.4 is 4.72 Å². The minimum atomic E-state index is -3.80. The molecule has 0 radical (unpaired) electrons. The van der Waals surface area contributed by atoms with Crippen molar-refractivity contribution in [2.75, 3.05) is 0 Å². The summed E-state index contributed by atoms with van der Waals surface area (Å²) in [6.07, 6.45) is 0. The van der Waals surface area contributed by atoms with Crippen LogP contribution in [0.3, 0.4) is 0 Å². The third-order valence-electron chi connectivity index (χ3n) is 3.99. The Morgan fingerprint density at radius 3 is 2.48 bits per heavy atom. The van der Waals surface area contributed by atoms with E-state index in [-0.39, 0.29) is 11.4 Å². The predicted octanol–water partition coefficient (Wildman–Crippen LogP) is 3.11. The molecule has 5 nitrogen and oxygen atoms in total. The number of sulfonamides is 1. The maximum atomic E-state index is 13.3. The van der Waals surface area contributed by atoms with Crippen molar-refractivity contribution in [3.8, 4) is 5.69 Å². The van der Waals surface area contributed by atoms with Gasteiger partial charge >= 0.3 is 0 Å². The summed E-state index contributed by atoms with van der Waals surface area (Å²) in [4.78, 5) is -0.0988. The Morgan fingerprint density at radius 2 is 1.80 bits per heavy atom. The second kappa shape index (κ2) is 6.78. The topological polar surface area (TPSA) is 64.0 Å². The van der Waals surface area contributed by atoms with Gasteiger partial charge in [0.2, 0.25) is 10.0 Å². The summed E-state index contributed by atoms with van der Waals surface area (Å²) < 4.78 is 42.3. The fourth-order valence-electron chi connectivity index (χ4n) is 2.64. The van der Waals surface area contributed by atoms with Crippen LogP contribution in [-0.4, -0.2) is 18.2 Å².